The van der Waals surface area contributed by atoms with E-state index in [0.29, 0.717) is 0 Å². The lowest BCUT2D eigenvalue weighted by atomic mass is 10.1. The Bertz CT molecular complexity index is 347. The SMILES string of the molecule is CCNCc1c(CC)nn(CCOCC)c1CC. The Balaban J connectivity index is 2.85. The molecule has 1 aromatic heterocycles. The average Bonchev–Trinajstić information content (AvgIpc) is 2.73. The summed E-state index contributed by atoms with van der Waals surface area (Å²) >= 11 is 0. The maximum absolute atomic E-state index is 5.42. The van der Waals surface area contributed by atoms with Crippen LogP contribution in [0.1, 0.15) is 44.6 Å². The van der Waals surface area contributed by atoms with Crippen LogP contribution in [0.2, 0.25) is 0 Å². The molecule has 0 amide bonds. The zero-order valence-corrected chi connectivity index (χ0v) is 12.3. The number of aryl methyl sites for hydroxylation is 1. The summed E-state index contributed by atoms with van der Waals surface area (Å²) in [7, 11) is 0. The van der Waals surface area contributed by atoms with Gasteiger partial charge in [0.05, 0.1) is 18.8 Å². The van der Waals surface area contributed by atoms with Crippen LogP contribution in [0, 0.1) is 0 Å². The van der Waals surface area contributed by atoms with Gasteiger partial charge in [-0.05, 0) is 26.3 Å². The Hall–Kier alpha value is -0.870. The third-order valence-electron chi connectivity index (χ3n) is 3.12. The molecular formula is C14H27N3O. The van der Waals surface area contributed by atoms with Crippen molar-refractivity contribution in [3.8, 4) is 0 Å². The summed E-state index contributed by atoms with van der Waals surface area (Å²) in [4.78, 5) is 0. The van der Waals surface area contributed by atoms with E-state index in [2.05, 4.69) is 30.8 Å². The van der Waals surface area contributed by atoms with E-state index in [1.807, 2.05) is 6.92 Å². The minimum atomic E-state index is 0.745. The van der Waals surface area contributed by atoms with E-state index in [1.165, 1.54) is 17.0 Å². The minimum Gasteiger partial charge on any atom is -0.380 e. The second-order valence-electron chi connectivity index (χ2n) is 4.28. The fourth-order valence-corrected chi connectivity index (χ4v) is 2.20. The zero-order valence-electron chi connectivity index (χ0n) is 12.3. The lowest BCUT2D eigenvalue weighted by molar-refractivity contribution is 0.135. The van der Waals surface area contributed by atoms with Crippen LogP contribution in [-0.4, -0.2) is 29.5 Å². The quantitative estimate of drug-likeness (QED) is 0.685. The van der Waals surface area contributed by atoms with Crippen molar-refractivity contribution >= 4 is 0 Å². The standard InChI is InChI=1S/C14H27N3O/c1-5-13-12(11-15-7-3)14(6-2)17(16-13)9-10-18-8-4/h15H,5-11H2,1-4H3. The molecule has 0 atom stereocenters. The van der Waals surface area contributed by atoms with E-state index < -0.39 is 0 Å². The second-order valence-corrected chi connectivity index (χ2v) is 4.28. The minimum absolute atomic E-state index is 0.745. The number of hydrogen-bond acceptors (Lipinski definition) is 3. The van der Waals surface area contributed by atoms with Crippen molar-refractivity contribution in [2.24, 2.45) is 0 Å². The van der Waals surface area contributed by atoms with Gasteiger partial charge < -0.3 is 10.1 Å². The number of hydrogen-bond donors (Lipinski definition) is 1. The molecule has 0 aromatic carbocycles. The number of nitrogens with zero attached hydrogens (tertiary/aromatic N) is 2. The van der Waals surface area contributed by atoms with Crippen LogP contribution in [0.5, 0.6) is 0 Å². The molecule has 1 rings (SSSR count). The van der Waals surface area contributed by atoms with Crippen molar-refractivity contribution in [1.29, 1.82) is 0 Å². The van der Waals surface area contributed by atoms with E-state index in [1.54, 1.807) is 0 Å². The lowest BCUT2D eigenvalue weighted by Gasteiger charge is -2.08. The zero-order chi connectivity index (χ0) is 13.4. The maximum atomic E-state index is 5.42. The fraction of sp³-hybridized carbons (Fsp3) is 0.786. The lowest BCUT2D eigenvalue weighted by Crippen LogP contribution is -2.15. The predicted octanol–water partition coefficient (Wildman–Crippen LogP) is 2.15. The van der Waals surface area contributed by atoms with Crippen molar-refractivity contribution in [3.63, 3.8) is 0 Å². The van der Waals surface area contributed by atoms with E-state index in [4.69, 9.17) is 9.84 Å². The second kappa shape index (κ2) is 8.27. The van der Waals surface area contributed by atoms with Gasteiger partial charge in [-0.2, -0.15) is 5.10 Å². The van der Waals surface area contributed by atoms with Crippen LogP contribution in [0.3, 0.4) is 0 Å². The first kappa shape index (κ1) is 15.2. The van der Waals surface area contributed by atoms with Crippen LogP contribution >= 0.6 is 0 Å². The molecular weight excluding hydrogens is 226 g/mol. The highest BCUT2D eigenvalue weighted by atomic mass is 16.5. The number of rotatable bonds is 9. The molecule has 104 valence electrons. The highest BCUT2D eigenvalue weighted by molar-refractivity contribution is 5.26. The van der Waals surface area contributed by atoms with Gasteiger partial charge in [0.25, 0.3) is 0 Å². The van der Waals surface area contributed by atoms with Gasteiger partial charge in [0.2, 0.25) is 0 Å². The van der Waals surface area contributed by atoms with Crippen LogP contribution in [-0.2, 0) is 30.7 Å². The van der Waals surface area contributed by atoms with Gasteiger partial charge in [-0.3, -0.25) is 4.68 Å². The average molecular weight is 253 g/mol. The molecule has 1 aromatic rings. The molecule has 4 nitrogen and oxygen atoms in total. The van der Waals surface area contributed by atoms with Gasteiger partial charge in [0.15, 0.2) is 0 Å². The van der Waals surface area contributed by atoms with Gasteiger partial charge in [-0.15, -0.1) is 0 Å². The van der Waals surface area contributed by atoms with Crippen molar-refractivity contribution in [2.75, 3.05) is 19.8 Å². The summed E-state index contributed by atoms with van der Waals surface area (Å²) in [6.07, 6.45) is 2.02. The van der Waals surface area contributed by atoms with E-state index in [-0.39, 0.29) is 0 Å². The summed E-state index contributed by atoms with van der Waals surface area (Å²) in [5, 5.41) is 8.13. The Labute approximate surface area is 111 Å². The van der Waals surface area contributed by atoms with Gasteiger partial charge in [-0.25, -0.2) is 0 Å². The molecule has 0 saturated heterocycles. The summed E-state index contributed by atoms with van der Waals surface area (Å²) in [6, 6.07) is 0. The van der Waals surface area contributed by atoms with E-state index in [9.17, 15) is 0 Å². The van der Waals surface area contributed by atoms with Gasteiger partial charge in [0.1, 0.15) is 0 Å². The first-order chi connectivity index (χ1) is 8.78. The molecule has 18 heavy (non-hydrogen) atoms. The molecule has 0 fully saturated rings. The van der Waals surface area contributed by atoms with Gasteiger partial charge in [-0.1, -0.05) is 20.8 Å². The van der Waals surface area contributed by atoms with Crippen LogP contribution < -0.4 is 5.32 Å². The molecule has 4 heteroatoms. The van der Waals surface area contributed by atoms with Crippen molar-refractivity contribution in [1.82, 2.24) is 15.1 Å². The normalized spacial score (nSPS) is 11.1. The molecule has 0 spiro atoms. The van der Waals surface area contributed by atoms with Crippen LogP contribution in [0.4, 0.5) is 0 Å². The number of aromatic nitrogens is 2. The summed E-state index contributed by atoms with van der Waals surface area (Å²) in [6.45, 7) is 12.8. The third-order valence-corrected chi connectivity index (χ3v) is 3.12. The Morgan fingerprint density at radius 3 is 2.50 bits per heavy atom. The Kier molecular flexibility index (Phi) is 6.98. The molecule has 1 heterocycles. The Morgan fingerprint density at radius 2 is 1.94 bits per heavy atom. The van der Waals surface area contributed by atoms with E-state index >= 15 is 0 Å². The highest BCUT2D eigenvalue weighted by Crippen LogP contribution is 2.16. The maximum Gasteiger partial charge on any atom is 0.0669 e. The molecule has 0 unspecified atom stereocenters. The van der Waals surface area contributed by atoms with Gasteiger partial charge >= 0.3 is 0 Å². The molecule has 0 aliphatic carbocycles. The Morgan fingerprint density at radius 1 is 1.17 bits per heavy atom. The monoisotopic (exact) mass is 253 g/mol. The highest BCUT2D eigenvalue weighted by Gasteiger charge is 2.14. The molecule has 0 bridgehead atoms. The van der Waals surface area contributed by atoms with E-state index in [0.717, 1.165) is 45.7 Å². The first-order valence-electron chi connectivity index (χ1n) is 7.14. The summed E-state index contributed by atoms with van der Waals surface area (Å²) < 4.78 is 7.55. The molecule has 0 saturated carbocycles. The van der Waals surface area contributed by atoms with Crippen molar-refractivity contribution < 1.29 is 4.74 Å². The molecule has 0 aliphatic heterocycles. The number of nitrogens with one attached hydrogen (secondary N) is 1. The fourth-order valence-electron chi connectivity index (χ4n) is 2.20. The number of ether oxygens (including phenoxy) is 1. The summed E-state index contributed by atoms with van der Waals surface area (Å²) in [5.41, 5.74) is 3.97. The summed E-state index contributed by atoms with van der Waals surface area (Å²) in [5.74, 6) is 0. The smallest absolute Gasteiger partial charge is 0.0669 e. The third kappa shape index (κ3) is 3.82. The topological polar surface area (TPSA) is 39.1 Å². The van der Waals surface area contributed by atoms with Gasteiger partial charge in [0, 0.05) is 24.4 Å². The molecule has 0 aliphatic rings. The molecule has 0 radical (unpaired) electrons. The van der Waals surface area contributed by atoms with Crippen LogP contribution in [0.25, 0.3) is 0 Å². The van der Waals surface area contributed by atoms with Crippen LogP contribution in [0.15, 0.2) is 0 Å². The largest absolute Gasteiger partial charge is 0.380 e. The van der Waals surface area contributed by atoms with Crippen molar-refractivity contribution in [2.45, 2.75) is 53.6 Å². The first-order valence-corrected chi connectivity index (χ1v) is 7.14. The predicted molar refractivity (Wildman–Crippen MR) is 74.9 cm³/mol. The molecule has 1 N–H and O–H groups in total. The van der Waals surface area contributed by atoms with Crippen molar-refractivity contribution in [3.05, 3.63) is 17.0 Å².